The molecule has 218 valence electrons. The number of carbonyl (C=O) groups excluding carboxylic acids is 2. The van der Waals surface area contributed by atoms with Gasteiger partial charge in [0.15, 0.2) is 0 Å². The number of nitrogens with zero attached hydrogens (tertiary/aromatic N) is 1. The quantitative estimate of drug-likeness (QED) is 0.505. The Bertz CT molecular complexity index is 1090. The first-order chi connectivity index (χ1) is 19.4. The standard InChI is InChI=1S/C32H45FN4O3/c1-37(2)27-20-24-8-7-11-28(21-24)40-19-6-5-12-30(32(39)35-26-9-3-4-10-26)36-31(38)29(34-22-27)18-15-23-13-16-25(33)17-14-23/h7-8,11,13-14,16-17,21,26-27,29-30,34H,3-6,9-10,12,15,18-20,22H2,1-2H3,(H,35,39)(H,36,38)/t27-,29-,30-/m0/s1. The molecule has 0 aromatic heterocycles. The maximum Gasteiger partial charge on any atom is 0.242 e. The number of fused-ring (bicyclic) bond motifs is 2. The molecule has 2 aromatic carbocycles. The van der Waals surface area contributed by atoms with E-state index in [1.165, 1.54) is 17.7 Å². The van der Waals surface area contributed by atoms with Crippen molar-refractivity contribution >= 4 is 11.8 Å². The zero-order valence-corrected chi connectivity index (χ0v) is 24.0. The fraction of sp³-hybridized carbons (Fsp3) is 0.562. The molecule has 0 spiro atoms. The van der Waals surface area contributed by atoms with Gasteiger partial charge in [-0.05, 0) is 101 Å². The monoisotopic (exact) mass is 552 g/mol. The smallest absolute Gasteiger partial charge is 0.242 e. The van der Waals surface area contributed by atoms with Crippen LogP contribution in [0.4, 0.5) is 4.39 Å². The SMILES string of the molecule is CN(C)[C@@H]1CN[C@@H](CCc2ccc(F)cc2)C(=O)N[C@H](C(=O)NC2CCCC2)CCCCOc2cccc(c2)C1. The number of aryl methyl sites for hydroxylation is 1. The van der Waals surface area contributed by atoms with Gasteiger partial charge in [0, 0.05) is 18.6 Å². The molecule has 2 bridgehead atoms. The average molecular weight is 553 g/mol. The predicted octanol–water partition coefficient (Wildman–Crippen LogP) is 4.00. The molecule has 1 saturated carbocycles. The van der Waals surface area contributed by atoms with Crippen molar-refractivity contribution in [2.45, 2.75) is 88.4 Å². The van der Waals surface area contributed by atoms with Gasteiger partial charge < -0.3 is 25.6 Å². The number of hydrogen-bond acceptors (Lipinski definition) is 5. The van der Waals surface area contributed by atoms with Crippen LogP contribution in [-0.2, 0) is 22.4 Å². The molecular weight excluding hydrogens is 507 g/mol. The van der Waals surface area contributed by atoms with Crippen LogP contribution in [-0.4, -0.2) is 68.1 Å². The Kier molecular flexibility index (Phi) is 11.4. The van der Waals surface area contributed by atoms with Crippen LogP contribution >= 0.6 is 0 Å². The highest BCUT2D eigenvalue weighted by Gasteiger charge is 2.28. The van der Waals surface area contributed by atoms with Crippen LogP contribution in [0.1, 0.15) is 62.5 Å². The van der Waals surface area contributed by atoms with Crippen molar-refractivity contribution < 1.29 is 18.7 Å². The molecule has 2 amide bonds. The first-order valence-corrected chi connectivity index (χ1v) is 14.8. The summed E-state index contributed by atoms with van der Waals surface area (Å²) in [7, 11) is 4.09. The molecule has 8 heteroatoms. The maximum absolute atomic E-state index is 13.7. The summed E-state index contributed by atoms with van der Waals surface area (Å²) in [6, 6.07) is 13.9. The summed E-state index contributed by atoms with van der Waals surface area (Å²) in [4.78, 5) is 29.2. The van der Waals surface area contributed by atoms with Gasteiger partial charge in [0.05, 0.1) is 12.6 Å². The summed E-state index contributed by atoms with van der Waals surface area (Å²) >= 11 is 0. The Morgan fingerprint density at radius 3 is 2.55 bits per heavy atom. The molecular formula is C32H45FN4O3. The van der Waals surface area contributed by atoms with Crippen molar-refractivity contribution in [3.05, 3.63) is 65.5 Å². The van der Waals surface area contributed by atoms with Crippen LogP contribution in [0.2, 0.25) is 0 Å². The minimum absolute atomic E-state index is 0.0987. The van der Waals surface area contributed by atoms with E-state index < -0.39 is 12.1 Å². The van der Waals surface area contributed by atoms with Crippen molar-refractivity contribution in [1.82, 2.24) is 20.9 Å². The fourth-order valence-corrected chi connectivity index (χ4v) is 5.59. The number of hydrogen-bond donors (Lipinski definition) is 3. The largest absolute Gasteiger partial charge is 0.494 e. The van der Waals surface area contributed by atoms with Crippen LogP contribution in [0.25, 0.3) is 0 Å². The van der Waals surface area contributed by atoms with Crippen LogP contribution < -0.4 is 20.7 Å². The lowest BCUT2D eigenvalue weighted by molar-refractivity contribution is -0.130. The first-order valence-electron chi connectivity index (χ1n) is 14.8. The van der Waals surface area contributed by atoms with Gasteiger partial charge in [0.1, 0.15) is 17.6 Å². The Morgan fingerprint density at radius 2 is 1.80 bits per heavy atom. The summed E-state index contributed by atoms with van der Waals surface area (Å²) < 4.78 is 19.5. The highest BCUT2D eigenvalue weighted by Crippen LogP contribution is 2.19. The molecule has 0 radical (unpaired) electrons. The van der Waals surface area contributed by atoms with Gasteiger partial charge in [-0.15, -0.1) is 0 Å². The maximum atomic E-state index is 13.7. The minimum atomic E-state index is -0.593. The van der Waals surface area contributed by atoms with Crippen molar-refractivity contribution in [2.24, 2.45) is 0 Å². The van der Waals surface area contributed by atoms with Gasteiger partial charge in [-0.2, -0.15) is 0 Å². The second-order valence-electron chi connectivity index (χ2n) is 11.5. The fourth-order valence-electron chi connectivity index (χ4n) is 5.59. The van der Waals surface area contributed by atoms with Gasteiger partial charge in [-0.25, -0.2) is 4.39 Å². The Hall–Kier alpha value is -2.97. The summed E-state index contributed by atoms with van der Waals surface area (Å²) in [5.41, 5.74) is 2.15. The molecule has 2 aromatic rings. The van der Waals surface area contributed by atoms with Gasteiger partial charge in [-0.3, -0.25) is 9.59 Å². The van der Waals surface area contributed by atoms with Crippen molar-refractivity contribution in [3.63, 3.8) is 0 Å². The van der Waals surface area contributed by atoms with Gasteiger partial charge in [0.25, 0.3) is 0 Å². The van der Waals surface area contributed by atoms with E-state index in [0.29, 0.717) is 32.4 Å². The Balaban J connectivity index is 1.53. The number of benzene rings is 2. The van der Waals surface area contributed by atoms with Crippen molar-refractivity contribution in [3.8, 4) is 5.75 Å². The van der Waals surface area contributed by atoms with E-state index >= 15 is 0 Å². The molecule has 1 aliphatic heterocycles. The van der Waals surface area contributed by atoms with E-state index in [-0.39, 0.29) is 29.7 Å². The zero-order valence-electron chi connectivity index (χ0n) is 24.0. The molecule has 1 aliphatic carbocycles. The average Bonchev–Trinajstić information content (AvgIpc) is 3.45. The van der Waals surface area contributed by atoms with E-state index in [0.717, 1.165) is 56.3 Å². The van der Waals surface area contributed by atoms with Gasteiger partial charge in [-0.1, -0.05) is 37.1 Å². The van der Waals surface area contributed by atoms with E-state index in [1.54, 1.807) is 12.1 Å². The summed E-state index contributed by atoms with van der Waals surface area (Å²) in [5.74, 6) is 0.315. The molecule has 3 N–H and O–H groups in total. The Labute approximate surface area is 238 Å². The lowest BCUT2D eigenvalue weighted by Gasteiger charge is -2.29. The number of halogens is 1. The summed E-state index contributed by atoms with van der Waals surface area (Å²) in [5, 5.41) is 9.78. The third-order valence-electron chi connectivity index (χ3n) is 8.14. The Morgan fingerprint density at radius 1 is 1.05 bits per heavy atom. The van der Waals surface area contributed by atoms with E-state index in [1.807, 2.05) is 26.2 Å². The van der Waals surface area contributed by atoms with Gasteiger partial charge >= 0.3 is 0 Å². The highest BCUT2D eigenvalue weighted by atomic mass is 19.1. The molecule has 2 aliphatic rings. The van der Waals surface area contributed by atoms with Crippen molar-refractivity contribution in [2.75, 3.05) is 27.2 Å². The molecule has 1 fully saturated rings. The van der Waals surface area contributed by atoms with Crippen LogP contribution in [0.15, 0.2) is 48.5 Å². The number of nitrogens with one attached hydrogen (secondary N) is 3. The molecule has 4 rings (SSSR count). The number of carbonyl (C=O) groups is 2. The van der Waals surface area contributed by atoms with E-state index in [4.69, 9.17) is 4.74 Å². The normalized spacial score (nSPS) is 23.4. The molecule has 40 heavy (non-hydrogen) atoms. The molecule has 0 saturated heterocycles. The first kappa shape index (κ1) is 30.0. The lowest BCUT2D eigenvalue weighted by atomic mass is 10.0. The van der Waals surface area contributed by atoms with Gasteiger partial charge in [0.2, 0.25) is 11.8 Å². The molecule has 1 heterocycles. The third-order valence-corrected chi connectivity index (χ3v) is 8.14. The number of ether oxygens (including phenoxy) is 1. The third kappa shape index (κ3) is 9.30. The molecule has 0 unspecified atom stereocenters. The summed E-state index contributed by atoms with van der Waals surface area (Å²) in [6.07, 6.45) is 8.31. The summed E-state index contributed by atoms with van der Waals surface area (Å²) in [6.45, 7) is 1.16. The lowest BCUT2D eigenvalue weighted by Crippen LogP contribution is -2.55. The second-order valence-corrected chi connectivity index (χ2v) is 11.5. The topological polar surface area (TPSA) is 82.7 Å². The highest BCUT2D eigenvalue weighted by molar-refractivity contribution is 5.90. The van der Waals surface area contributed by atoms with Crippen molar-refractivity contribution in [1.29, 1.82) is 0 Å². The molecule has 7 nitrogen and oxygen atoms in total. The van der Waals surface area contributed by atoms with Crippen LogP contribution in [0.5, 0.6) is 5.75 Å². The zero-order chi connectivity index (χ0) is 28.3. The molecule has 3 atom stereocenters. The number of rotatable bonds is 6. The number of likely N-dealkylation sites (N-methyl/N-ethyl adjacent to an activating group) is 1. The second kappa shape index (κ2) is 15.1. The van der Waals surface area contributed by atoms with E-state index in [9.17, 15) is 14.0 Å². The van der Waals surface area contributed by atoms with Crippen LogP contribution in [0.3, 0.4) is 0 Å². The predicted molar refractivity (Wildman–Crippen MR) is 156 cm³/mol. The number of amides is 2. The van der Waals surface area contributed by atoms with Crippen LogP contribution in [0, 0.1) is 5.82 Å². The minimum Gasteiger partial charge on any atom is -0.494 e. The van der Waals surface area contributed by atoms with E-state index in [2.05, 4.69) is 33.0 Å².